The van der Waals surface area contributed by atoms with E-state index in [-0.39, 0.29) is 34.4 Å². The van der Waals surface area contributed by atoms with Gasteiger partial charge in [-0.1, -0.05) is 42.5 Å². The molecule has 0 aliphatic carbocycles. The first-order valence-electron chi connectivity index (χ1n) is 11.4. The molecule has 2 aromatic heterocycles. The van der Waals surface area contributed by atoms with Crippen LogP contribution < -0.4 is 20.8 Å². The van der Waals surface area contributed by atoms with Crippen molar-refractivity contribution >= 4 is 26.9 Å². The van der Waals surface area contributed by atoms with Crippen LogP contribution in [0.2, 0.25) is 0 Å². The molecule has 0 fully saturated rings. The number of nitrogens with one attached hydrogen (secondary N) is 1. The van der Waals surface area contributed by atoms with Crippen LogP contribution in [-0.2, 0) is 16.6 Å². The van der Waals surface area contributed by atoms with Crippen LogP contribution in [0.4, 0.5) is 10.3 Å². The topological polar surface area (TPSA) is 129 Å². The monoisotopic (exact) mass is 531 g/mol. The normalized spacial score (nSPS) is 11.5. The number of rotatable bonds is 7. The zero-order valence-electron chi connectivity index (χ0n) is 20.1. The summed E-state index contributed by atoms with van der Waals surface area (Å²) in [6, 6.07) is 21.1. The van der Waals surface area contributed by atoms with Crippen molar-refractivity contribution < 1.29 is 17.5 Å². The maximum Gasteiger partial charge on any atom is 0.267 e. The van der Waals surface area contributed by atoms with Crippen LogP contribution in [0.3, 0.4) is 0 Å². The third-order valence-corrected chi connectivity index (χ3v) is 7.35. The molecule has 5 rings (SSSR count). The van der Waals surface area contributed by atoms with E-state index in [1.807, 2.05) is 6.07 Å². The molecule has 3 aromatic carbocycles. The number of aromatic nitrogens is 3. The molecule has 0 aliphatic rings. The molecule has 0 spiro atoms. The van der Waals surface area contributed by atoms with Gasteiger partial charge in [-0.15, -0.1) is 0 Å². The van der Waals surface area contributed by atoms with Crippen LogP contribution in [0.5, 0.6) is 5.88 Å². The highest BCUT2D eigenvalue weighted by molar-refractivity contribution is 7.89. The molecule has 9 nitrogen and oxygen atoms in total. The standard InChI is InChI=1S/C27H22FN5O4S/c1-37-25-24(38(35,36)31-16-18-7-5-6-10-22(18)28)14-19(15-30-25)17-11-12-23-21(13-17)26(34)33(27(29)32-23)20-8-3-2-4-9-20/h2-15,31H,16H2,1H3,(H2,29,32). The fourth-order valence-corrected chi connectivity index (χ4v) is 5.19. The molecule has 3 N–H and O–H groups in total. The van der Waals surface area contributed by atoms with Crippen molar-refractivity contribution in [2.45, 2.75) is 11.4 Å². The maximum atomic E-state index is 14.0. The number of fused-ring (bicyclic) bond motifs is 1. The summed E-state index contributed by atoms with van der Waals surface area (Å²) in [5.41, 5.74) is 7.80. The summed E-state index contributed by atoms with van der Waals surface area (Å²) in [6.07, 6.45) is 1.44. The van der Waals surface area contributed by atoms with Gasteiger partial charge in [-0.3, -0.25) is 4.79 Å². The van der Waals surface area contributed by atoms with Gasteiger partial charge in [0.2, 0.25) is 21.9 Å². The predicted molar refractivity (Wildman–Crippen MR) is 142 cm³/mol. The van der Waals surface area contributed by atoms with Crippen molar-refractivity contribution in [1.82, 2.24) is 19.3 Å². The minimum Gasteiger partial charge on any atom is -0.480 e. The summed E-state index contributed by atoms with van der Waals surface area (Å²) in [7, 11) is -2.84. The molecule has 2 heterocycles. The van der Waals surface area contributed by atoms with Crippen LogP contribution >= 0.6 is 0 Å². The number of hydrogen-bond acceptors (Lipinski definition) is 7. The number of para-hydroxylation sites is 1. The van der Waals surface area contributed by atoms with Gasteiger partial charge in [0, 0.05) is 23.9 Å². The maximum absolute atomic E-state index is 14.0. The van der Waals surface area contributed by atoms with Gasteiger partial charge in [0.15, 0.2) is 0 Å². The molecule has 0 amide bonds. The third kappa shape index (κ3) is 4.72. The van der Waals surface area contributed by atoms with Gasteiger partial charge < -0.3 is 10.5 Å². The van der Waals surface area contributed by atoms with Gasteiger partial charge in [-0.2, -0.15) is 0 Å². The van der Waals surface area contributed by atoms with Gasteiger partial charge in [0.1, 0.15) is 10.7 Å². The van der Waals surface area contributed by atoms with Crippen molar-refractivity contribution in [3.63, 3.8) is 0 Å². The van der Waals surface area contributed by atoms with Crippen molar-refractivity contribution in [2.24, 2.45) is 0 Å². The van der Waals surface area contributed by atoms with Crippen molar-refractivity contribution in [2.75, 3.05) is 12.8 Å². The number of nitrogens with two attached hydrogens (primary N) is 1. The van der Waals surface area contributed by atoms with E-state index < -0.39 is 15.8 Å². The Hall–Kier alpha value is -4.61. The number of methoxy groups -OCH3 is 1. The number of pyridine rings is 1. The first-order valence-corrected chi connectivity index (χ1v) is 12.9. The highest BCUT2D eigenvalue weighted by Gasteiger charge is 2.22. The molecule has 0 atom stereocenters. The predicted octanol–water partition coefficient (Wildman–Crippen LogP) is 3.66. The van der Waals surface area contributed by atoms with E-state index in [0.29, 0.717) is 27.7 Å². The van der Waals surface area contributed by atoms with E-state index in [0.717, 1.165) is 0 Å². The quantitative estimate of drug-likeness (QED) is 0.328. The van der Waals surface area contributed by atoms with Crippen LogP contribution in [0, 0.1) is 5.82 Å². The number of nitrogen functional groups attached to an aromatic ring is 1. The summed E-state index contributed by atoms with van der Waals surface area (Å²) in [5.74, 6) is -0.612. The first-order chi connectivity index (χ1) is 18.3. The number of benzene rings is 3. The van der Waals surface area contributed by atoms with Crippen LogP contribution in [0.15, 0.2) is 94.7 Å². The number of halogens is 1. The fourth-order valence-electron chi connectivity index (χ4n) is 4.04. The van der Waals surface area contributed by atoms with Gasteiger partial charge in [-0.25, -0.2) is 32.1 Å². The molecule has 192 valence electrons. The van der Waals surface area contributed by atoms with Gasteiger partial charge in [0.05, 0.1) is 23.7 Å². The first kappa shape index (κ1) is 25.1. The Morgan fingerprint density at radius 2 is 1.74 bits per heavy atom. The molecule has 0 saturated heterocycles. The molecule has 0 aliphatic heterocycles. The summed E-state index contributed by atoms with van der Waals surface area (Å²) < 4.78 is 49.2. The smallest absolute Gasteiger partial charge is 0.267 e. The van der Waals surface area contributed by atoms with E-state index in [1.165, 1.54) is 42.1 Å². The average Bonchev–Trinajstić information content (AvgIpc) is 2.93. The lowest BCUT2D eigenvalue weighted by molar-refractivity contribution is 0.385. The molecular weight excluding hydrogens is 509 g/mol. The number of sulfonamides is 1. The largest absolute Gasteiger partial charge is 0.480 e. The van der Waals surface area contributed by atoms with E-state index in [1.54, 1.807) is 48.5 Å². The Morgan fingerprint density at radius 3 is 2.47 bits per heavy atom. The van der Waals surface area contributed by atoms with Crippen molar-refractivity contribution in [3.05, 3.63) is 107 Å². The zero-order valence-corrected chi connectivity index (χ0v) is 20.9. The Kier molecular flexibility index (Phi) is 6.62. The Bertz CT molecular complexity index is 1830. The summed E-state index contributed by atoms with van der Waals surface area (Å²) in [5, 5.41) is 0.290. The highest BCUT2D eigenvalue weighted by Crippen LogP contribution is 2.29. The zero-order chi connectivity index (χ0) is 26.9. The highest BCUT2D eigenvalue weighted by atomic mass is 32.2. The number of anilines is 1. The van der Waals surface area contributed by atoms with Gasteiger partial charge in [-0.05, 0) is 42.0 Å². The molecule has 0 unspecified atom stereocenters. The lowest BCUT2D eigenvalue weighted by Gasteiger charge is -2.13. The SMILES string of the molecule is COc1ncc(-c2ccc3nc(N)n(-c4ccccc4)c(=O)c3c2)cc1S(=O)(=O)NCc1ccccc1F. The number of nitrogens with zero attached hydrogens (tertiary/aromatic N) is 3. The number of hydrogen-bond donors (Lipinski definition) is 2. The fraction of sp³-hybridized carbons (Fsp3) is 0.0741. The lowest BCUT2D eigenvalue weighted by atomic mass is 10.1. The minimum atomic E-state index is -4.15. The second kappa shape index (κ2) is 10.0. The summed E-state index contributed by atoms with van der Waals surface area (Å²) in [6.45, 7) is -0.259. The van der Waals surface area contributed by atoms with Crippen molar-refractivity contribution in [1.29, 1.82) is 0 Å². The Morgan fingerprint density at radius 1 is 1.00 bits per heavy atom. The lowest BCUT2D eigenvalue weighted by Crippen LogP contribution is -2.24. The molecular formula is C27H22FN5O4S. The summed E-state index contributed by atoms with van der Waals surface area (Å²) in [4.78, 5) is 21.7. The van der Waals surface area contributed by atoms with Gasteiger partial charge in [0.25, 0.3) is 5.56 Å². The van der Waals surface area contributed by atoms with Crippen LogP contribution in [-0.4, -0.2) is 30.1 Å². The molecule has 0 radical (unpaired) electrons. The number of ether oxygens (including phenoxy) is 1. The molecule has 5 aromatic rings. The second-order valence-electron chi connectivity index (χ2n) is 8.33. The molecule has 0 saturated carbocycles. The Labute approximate surface area is 217 Å². The minimum absolute atomic E-state index is 0.0434. The van der Waals surface area contributed by atoms with E-state index in [4.69, 9.17) is 10.5 Å². The van der Waals surface area contributed by atoms with E-state index in [2.05, 4.69) is 14.7 Å². The van der Waals surface area contributed by atoms with Crippen molar-refractivity contribution in [3.8, 4) is 22.7 Å². The van der Waals surface area contributed by atoms with E-state index in [9.17, 15) is 17.6 Å². The average molecular weight is 532 g/mol. The second-order valence-corrected chi connectivity index (χ2v) is 10.1. The third-order valence-electron chi connectivity index (χ3n) is 5.95. The molecule has 38 heavy (non-hydrogen) atoms. The Balaban J connectivity index is 1.57. The van der Waals surface area contributed by atoms with Crippen LogP contribution in [0.1, 0.15) is 5.56 Å². The van der Waals surface area contributed by atoms with Crippen LogP contribution in [0.25, 0.3) is 27.7 Å². The summed E-state index contributed by atoms with van der Waals surface area (Å²) >= 11 is 0. The van der Waals surface area contributed by atoms with Gasteiger partial charge >= 0.3 is 0 Å². The van der Waals surface area contributed by atoms with E-state index >= 15 is 0 Å². The molecule has 11 heteroatoms. The molecule has 0 bridgehead atoms.